The number of likely N-dealkylation sites (tertiary alicyclic amines) is 1. The molecule has 1 N–H and O–H groups in total. The van der Waals surface area contributed by atoms with Crippen LogP contribution in [0.5, 0.6) is 0 Å². The number of aliphatic hydroxyl groups excluding tert-OH is 1. The molecule has 1 aromatic carbocycles. The Balaban J connectivity index is 1.75. The molecule has 0 aliphatic carbocycles. The quantitative estimate of drug-likeness (QED) is 0.244. The van der Waals surface area contributed by atoms with Crippen LogP contribution in [0.15, 0.2) is 55.6 Å². The van der Waals surface area contributed by atoms with Crippen LogP contribution < -0.4 is 0 Å². The van der Waals surface area contributed by atoms with Crippen LogP contribution in [0.3, 0.4) is 0 Å². The molecule has 0 aromatic heterocycles. The minimum absolute atomic E-state index is 0.0332. The smallest absolute Gasteiger partial charge is 0.247 e. The summed E-state index contributed by atoms with van der Waals surface area (Å²) in [5.41, 5.74) is 1.02. The average Bonchev–Trinajstić information content (AvgIpc) is 3.57. The summed E-state index contributed by atoms with van der Waals surface area (Å²) in [6, 6.07) is 8.67. The third-order valence-corrected chi connectivity index (χ3v) is 11.4. The van der Waals surface area contributed by atoms with Gasteiger partial charge in [0.05, 0.1) is 29.2 Å². The summed E-state index contributed by atoms with van der Waals surface area (Å²) >= 11 is 1.69. The number of hydrogen-bond donors (Lipinski definition) is 1. The van der Waals surface area contributed by atoms with E-state index in [4.69, 9.17) is 0 Å². The zero-order chi connectivity index (χ0) is 29.7. The molecule has 41 heavy (non-hydrogen) atoms. The molecular formula is C33H47N3O4S. The summed E-state index contributed by atoms with van der Waals surface area (Å²) in [4.78, 5) is 48.7. The molecule has 0 radical (unpaired) electrons. The number of nitrogens with zero attached hydrogens (tertiary/aromatic N) is 3. The van der Waals surface area contributed by atoms with Crippen LogP contribution in [0.4, 0.5) is 0 Å². The Morgan fingerprint density at radius 1 is 1.12 bits per heavy atom. The number of thioether (sulfide) groups is 1. The van der Waals surface area contributed by atoms with Crippen molar-refractivity contribution in [3.8, 4) is 0 Å². The second-order valence-corrected chi connectivity index (χ2v) is 13.4. The highest BCUT2D eigenvalue weighted by Crippen LogP contribution is 2.69. The molecule has 3 heterocycles. The van der Waals surface area contributed by atoms with Gasteiger partial charge in [-0.25, -0.2) is 0 Å². The Morgan fingerprint density at radius 2 is 1.80 bits per heavy atom. The lowest BCUT2D eigenvalue weighted by molar-refractivity contribution is -0.147. The largest absolute Gasteiger partial charge is 0.394 e. The van der Waals surface area contributed by atoms with E-state index in [0.717, 1.165) is 31.2 Å². The van der Waals surface area contributed by atoms with Gasteiger partial charge in [-0.2, -0.15) is 0 Å². The summed E-state index contributed by atoms with van der Waals surface area (Å²) in [6.45, 7) is 15.6. The molecule has 3 saturated heterocycles. The van der Waals surface area contributed by atoms with Crippen molar-refractivity contribution in [2.45, 2.75) is 81.5 Å². The normalized spacial score (nSPS) is 28.8. The van der Waals surface area contributed by atoms with Crippen molar-refractivity contribution < 1.29 is 19.5 Å². The lowest BCUT2D eigenvalue weighted by atomic mass is 9.65. The number of carbonyl (C=O) groups is 3. The van der Waals surface area contributed by atoms with E-state index in [9.17, 15) is 19.5 Å². The average molecular weight is 582 g/mol. The predicted octanol–water partition coefficient (Wildman–Crippen LogP) is 4.51. The lowest BCUT2D eigenvalue weighted by Gasteiger charge is -2.42. The third kappa shape index (κ3) is 5.62. The summed E-state index contributed by atoms with van der Waals surface area (Å²) in [5, 5.41) is 10.4. The van der Waals surface area contributed by atoms with E-state index in [-0.39, 0.29) is 35.5 Å². The van der Waals surface area contributed by atoms with E-state index in [0.29, 0.717) is 32.6 Å². The van der Waals surface area contributed by atoms with Crippen LogP contribution in [0.2, 0.25) is 0 Å². The number of aliphatic hydroxyl groups is 1. The summed E-state index contributed by atoms with van der Waals surface area (Å²) in [7, 11) is 0. The van der Waals surface area contributed by atoms with Crippen LogP contribution in [0.1, 0.15) is 58.4 Å². The molecule has 7 atom stereocenters. The molecule has 1 spiro atoms. The number of unbranched alkanes of at least 4 members (excludes halogenated alkanes) is 2. The van der Waals surface area contributed by atoms with Gasteiger partial charge in [0.2, 0.25) is 17.7 Å². The first-order valence-electron chi connectivity index (χ1n) is 15.2. The standard InChI is InChI=1S/C33H47N3O4S/c1-6-10-14-19-34(17-7-2)32(40)29-33-23(5)20-26(41-33)27(28(33)31(39)36(29)25(9-4)22-37)30(38)35(18-8-3)21-24-15-12-11-13-16-24/h7-8,11-13,15-16,23,25-29,37H,2-3,6,9-10,14,17-22H2,1,4-5H3/t23?,25-,26-,27+,28-,29?,33?/m0/s1. The van der Waals surface area contributed by atoms with Gasteiger partial charge in [0.25, 0.3) is 0 Å². The topological polar surface area (TPSA) is 81.2 Å². The molecule has 2 bridgehead atoms. The van der Waals surface area contributed by atoms with Crippen LogP contribution in [0, 0.1) is 17.8 Å². The summed E-state index contributed by atoms with van der Waals surface area (Å²) < 4.78 is -0.710. The van der Waals surface area contributed by atoms with Crippen molar-refractivity contribution in [3.63, 3.8) is 0 Å². The molecule has 0 saturated carbocycles. The van der Waals surface area contributed by atoms with Crippen molar-refractivity contribution in [3.05, 3.63) is 61.2 Å². The number of hydrogen-bond acceptors (Lipinski definition) is 5. The number of fused-ring (bicyclic) bond motifs is 1. The molecule has 3 amide bonds. The van der Waals surface area contributed by atoms with Gasteiger partial charge in [0.1, 0.15) is 6.04 Å². The zero-order valence-corrected chi connectivity index (χ0v) is 25.7. The summed E-state index contributed by atoms with van der Waals surface area (Å²) in [5.74, 6) is -1.33. The van der Waals surface area contributed by atoms with Crippen LogP contribution in [-0.4, -0.2) is 85.8 Å². The molecule has 224 valence electrons. The van der Waals surface area contributed by atoms with Crippen molar-refractivity contribution >= 4 is 29.5 Å². The van der Waals surface area contributed by atoms with Crippen molar-refractivity contribution in [1.29, 1.82) is 0 Å². The van der Waals surface area contributed by atoms with Crippen molar-refractivity contribution in [2.75, 3.05) is 26.2 Å². The Kier molecular flexibility index (Phi) is 10.4. The predicted molar refractivity (Wildman–Crippen MR) is 165 cm³/mol. The molecule has 1 aromatic rings. The van der Waals surface area contributed by atoms with E-state index in [1.807, 2.05) is 42.2 Å². The van der Waals surface area contributed by atoms with Crippen LogP contribution in [-0.2, 0) is 20.9 Å². The van der Waals surface area contributed by atoms with Gasteiger partial charge in [-0.05, 0) is 30.7 Å². The Morgan fingerprint density at radius 3 is 2.41 bits per heavy atom. The first kappa shape index (κ1) is 31.4. The van der Waals surface area contributed by atoms with Gasteiger partial charge >= 0.3 is 0 Å². The van der Waals surface area contributed by atoms with Gasteiger partial charge in [0, 0.05) is 31.4 Å². The molecule has 8 heteroatoms. The summed E-state index contributed by atoms with van der Waals surface area (Å²) in [6.07, 6.45) is 7.73. The number of carbonyl (C=O) groups excluding carboxylic acids is 3. The highest BCUT2D eigenvalue weighted by atomic mass is 32.2. The van der Waals surface area contributed by atoms with Gasteiger partial charge < -0.3 is 19.8 Å². The monoisotopic (exact) mass is 581 g/mol. The van der Waals surface area contributed by atoms with Gasteiger partial charge in [-0.1, -0.05) is 76.1 Å². The van der Waals surface area contributed by atoms with E-state index in [1.165, 1.54) is 0 Å². The second kappa shape index (κ2) is 13.6. The molecule has 3 aliphatic rings. The Labute approximate surface area is 250 Å². The first-order chi connectivity index (χ1) is 19.8. The maximum Gasteiger partial charge on any atom is 0.247 e. The van der Waals surface area contributed by atoms with E-state index in [2.05, 4.69) is 27.0 Å². The van der Waals surface area contributed by atoms with Crippen molar-refractivity contribution in [1.82, 2.24) is 14.7 Å². The fourth-order valence-electron chi connectivity index (χ4n) is 7.40. The minimum atomic E-state index is -0.719. The number of rotatable bonds is 15. The van der Waals surface area contributed by atoms with E-state index >= 15 is 0 Å². The highest BCUT2D eigenvalue weighted by Gasteiger charge is 2.76. The maximum absolute atomic E-state index is 14.5. The van der Waals surface area contributed by atoms with E-state index < -0.39 is 28.7 Å². The van der Waals surface area contributed by atoms with E-state index in [1.54, 1.807) is 33.7 Å². The molecule has 3 aliphatic heterocycles. The van der Waals surface area contributed by atoms with Crippen LogP contribution >= 0.6 is 11.8 Å². The molecule has 3 unspecified atom stereocenters. The minimum Gasteiger partial charge on any atom is -0.394 e. The second-order valence-electron chi connectivity index (χ2n) is 11.8. The molecule has 7 nitrogen and oxygen atoms in total. The molecule has 3 fully saturated rings. The zero-order valence-electron chi connectivity index (χ0n) is 24.9. The number of amides is 3. The SMILES string of the molecule is C=CCN(CCCCC)C(=O)C1N([C@@H](CC)CO)C(=O)[C@@H]2[C@H](C(=O)N(CC=C)Cc3ccccc3)[C@@H]3CC(C)C12S3. The van der Waals surface area contributed by atoms with Crippen molar-refractivity contribution in [2.24, 2.45) is 17.8 Å². The van der Waals surface area contributed by atoms with Gasteiger partial charge in [-0.3, -0.25) is 14.4 Å². The van der Waals surface area contributed by atoms with Gasteiger partial charge in [-0.15, -0.1) is 24.9 Å². The van der Waals surface area contributed by atoms with Crippen LogP contribution in [0.25, 0.3) is 0 Å². The molecule has 4 rings (SSSR count). The Hall–Kier alpha value is -2.58. The highest BCUT2D eigenvalue weighted by molar-refractivity contribution is 8.02. The fraction of sp³-hybridized carbons (Fsp3) is 0.606. The fourth-order valence-corrected chi connectivity index (χ4v) is 9.80. The number of benzene rings is 1. The third-order valence-electron chi connectivity index (χ3n) is 9.35. The molecular weight excluding hydrogens is 534 g/mol. The maximum atomic E-state index is 14.5. The van der Waals surface area contributed by atoms with Gasteiger partial charge in [0.15, 0.2) is 0 Å². The lowest BCUT2D eigenvalue weighted by Crippen LogP contribution is -2.59. The Bertz CT molecular complexity index is 1110. The first-order valence-corrected chi connectivity index (χ1v) is 16.1.